The average molecular weight is 612 g/mol. The predicted octanol–water partition coefficient (Wildman–Crippen LogP) is 8.01. The lowest BCUT2D eigenvalue weighted by atomic mass is 9.78. The molecule has 0 bridgehead atoms. The highest BCUT2D eigenvalue weighted by atomic mass is 19.2. The Kier molecular flexibility index (Phi) is 8.30. The summed E-state index contributed by atoms with van der Waals surface area (Å²) < 4.78 is 133. The van der Waals surface area contributed by atoms with E-state index >= 15 is 0 Å². The molecule has 43 heavy (non-hydrogen) atoms. The van der Waals surface area contributed by atoms with E-state index in [-0.39, 0.29) is 11.5 Å². The SMILES string of the molecule is Cc1c(F)c(F)c(F)c(F)c1C(=O)Oc1ccc(C(C)(C)c2ccc(OC(=O)c3c(F)c(F)c(F)c(F)c3F)cc2)cc1. The molecule has 4 aromatic rings. The zero-order valence-electron chi connectivity index (χ0n) is 22.2. The maximum absolute atomic E-state index is 14.1. The molecule has 0 unspecified atom stereocenters. The monoisotopic (exact) mass is 612 g/mol. The minimum atomic E-state index is -2.42. The number of ether oxygens (including phenoxy) is 2. The van der Waals surface area contributed by atoms with Crippen LogP contribution in [0.1, 0.15) is 51.3 Å². The van der Waals surface area contributed by atoms with Crippen LogP contribution in [-0.2, 0) is 5.41 Å². The van der Waals surface area contributed by atoms with Gasteiger partial charge in [-0.1, -0.05) is 38.1 Å². The molecule has 0 heterocycles. The average Bonchev–Trinajstić information content (AvgIpc) is 2.97. The standard InChI is InChI=1S/C30H17F9O4/c1-12-17(20(32)24(36)23(35)19(12)31)28(40)42-15-8-4-13(5-9-15)30(2,3)14-6-10-16(11-7-14)43-29(41)18-21(33)25(37)27(39)26(38)22(18)34/h4-11H,1-3H3. The van der Waals surface area contributed by atoms with Gasteiger partial charge in [-0.25, -0.2) is 49.1 Å². The second-order valence-corrected chi connectivity index (χ2v) is 9.65. The van der Waals surface area contributed by atoms with E-state index in [1.807, 2.05) is 0 Å². The van der Waals surface area contributed by atoms with Crippen LogP contribution in [0.4, 0.5) is 39.5 Å². The maximum Gasteiger partial charge on any atom is 0.349 e. The van der Waals surface area contributed by atoms with Crippen LogP contribution in [0, 0.1) is 59.3 Å². The number of hydrogen-bond donors (Lipinski definition) is 0. The van der Waals surface area contributed by atoms with E-state index in [2.05, 4.69) is 0 Å². The lowest BCUT2D eigenvalue weighted by Crippen LogP contribution is -2.20. The van der Waals surface area contributed by atoms with Gasteiger partial charge in [-0.15, -0.1) is 0 Å². The van der Waals surface area contributed by atoms with Gasteiger partial charge in [0.2, 0.25) is 5.82 Å². The van der Waals surface area contributed by atoms with Crippen molar-refractivity contribution in [2.24, 2.45) is 0 Å². The summed E-state index contributed by atoms with van der Waals surface area (Å²) in [4.78, 5) is 24.6. The fourth-order valence-electron chi connectivity index (χ4n) is 4.13. The first kappa shape index (κ1) is 31.1. The molecule has 4 aromatic carbocycles. The molecule has 0 aliphatic rings. The van der Waals surface area contributed by atoms with E-state index in [0.717, 1.165) is 6.92 Å². The van der Waals surface area contributed by atoms with Gasteiger partial charge < -0.3 is 9.47 Å². The van der Waals surface area contributed by atoms with Crippen molar-refractivity contribution in [3.05, 3.63) is 129 Å². The van der Waals surface area contributed by atoms with Gasteiger partial charge in [0.25, 0.3) is 0 Å². The largest absolute Gasteiger partial charge is 0.423 e. The van der Waals surface area contributed by atoms with Crippen molar-refractivity contribution in [3.63, 3.8) is 0 Å². The van der Waals surface area contributed by atoms with Gasteiger partial charge in [0, 0.05) is 11.0 Å². The Balaban J connectivity index is 1.51. The molecule has 0 saturated heterocycles. The zero-order valence-corrected chi connectivity index (χ0v) is 22.2. The lowest BCUT2D eigenvalue weighted by molar-refractivity contribution is 0.0713. The molecule has 224 valence electrons. The van der Waals surface area contributed by atoms with Crippen LogP contribution in [-0.4, -0.2) is 11.9 Å². The molecule has 0 atom stereocenters. The highest BCUT2D eigenvalue weighted by molar-refractivity contribution is 5.93. The minimum Gasteiger partial charge on any atom is -0.423 e. The van der Waals surface area contributed by atoms with E-state index in [9.17, 15) is 49.1 Å². The number of halogens is 9. The van der Waals surface area contributed by atoms with Crippen LogP contribution in [0.25, 0.3) is 0 Å². The van der Waals surface area contributed by atoms with Crippen LogP contribution in [0.2, 0.25) is 0 Å². The van der Waals surface area contributed by atoms with Gasteiger partial charge in [0.1, 0.15) is 22.6 Å². The molecule has 0 radical (unpaired) electrons. The van der Waals surface area contributed by atoms with Crippen molar-refractivity contribution < 1.29 is 58.6 Å². The van der Waals surface area contributed by atoms with Crippen LogP contribution >= 0.6 is 0 Å². The molecular weight excluding hydrogens is 595 g/mol. The van der Waals surface area contributed by atoms with Crippen molar-refractivity contribution in [1.29, 1.82) is 0 Å². The highest BCUT2D eigenvalue weighted by Crippen LogP contribution is 2.34. The van der Waals surface area contributed by atoms with E-state index in [1.54, 1.807) is 13.8 Å². The lowest BCUT2D eigenvalue weighted by Gasteiger charge is -2.26. The molecule has 0 N–H and O–H groups in total. The quantitative estimate of drug-likeness (QED) is 0.0728. The Bertz CT molecular complexity index is 1580. The summed E-state index contributed by atoms with van der Waals surface area (Å²) in [5.74, 6) is -23.3. The second kappa shape index (κ2) is 11.5. The molecule has 4 rings (SSSR count). The Hall–Kier alpha value is -4.81. The summed E-state index contributed by atoms with van der Waals surface area (Å²) >= 11 is 0. The number of carbonyl (C=O) groups excluding carboxylic acids is 2. The summed E-state index contributed by atoms with van der Waals surface area (Å²) in [7, 11) is 0. The topological polar surface area (TPSA) is 52.6 Å². The second-order valence-electron chi connectivity index (χ2n) is 9.65. The number of esters is 2. The molecule has 0 aromatic heterocycles. The van der Waals surface area contributed by atoms with Crippen molar-refractivity contribution >= 4 is 11.9 Å². The first-order valence-corrected chi connectivity index (χ1v) is 12.1. The molecule has 0 aliphatic carbocycles. The van der Waals surface area contributed by atoms with Gasteiger partial charge in [0.05, 0.1) is 0 Å². The third kappa shape index (κ3) is 5.54. The summed E-state index contributed by atoms with van der Waals surface area (Å²) in [5, 5.41) is 0. The Morgan fingerprint density at radius 3 is 1.19 bits per heavy atom. The predicted molar refractivity (Wildman–Crippen MR) is 132 cm³/mol. The fraction of sp³-hybridized carbons (Fsp3) is 0.133. The Morgan fingerprint density at radius 2 is 0.791 bits per heavy atom. The molecule has 0 saturated carbocycles. The molecule has 0 spiro atoms. The molecule has 4 nitrogen and oxygen atoms in total. The Morgan fingerprint density at radius 1 is 0.488 bits per heavy atom. The van der Waals surface area contributed by atoms with Crippen molar-refractivity contribution in [2.75, 3.05) is 0 Å². The first-order chi connectivity index (χ1) is 20.1. The maximum atomic E-state index is 14.1. The third-order valence-corrected chi connectivity index (χ3v) is 6.69. The number of hydrogen-bond acceptors (Lipinski definition) is 4. The Labute approximate surface area is 237 Å². The van der Waals surface area contributed by atoms with E-state index in [1.165, 1.54) is 48.5 Å². The third-order valence-electron chi connectivity index (χ3n) is 6.69. The zero-order chi connectivity index (χ0) is 32.0. The van der Waals surface area contributed by atoms with E-state index in [0.29, 0.717) is 11.1 Å². The number of rotatable bonds is 6. The van der Waals surface area contributed by atoms with Gasteiger partial charge in [-0.05, 0) is 42.3 Å². The number of carbonyl (C=O) groups is 2. The van der Waals surface area contributed by atoms with E-state index < -0.39 is 86.4 Å². The minimum absolute atomic E-state index is 0.135. The summed E-state index contributed by atoms with van der Waals surface area (Å²) in [6, 6.07) is 11.0. The van der Waals surface area contributed by atoms with Crippen molar-refractivity contribution in [1.82, 2.24) is 0 Å². The van der Waals surface area contributed by atoms with Crippen molar-refractivity contribution in [3.8, 4) is 11.5 Å². The molecule has 13 heteroatoms. The van der Waals surface area contributed by atoms with Gasteiger partial charge >= 0.3 is 11.9 Å². The molecule has 0 amide bonds. The smallest absolute Gasteiger partial charge is 0.349 e. The fourth-order valence-corrected chi connectivity index (χ4v) is 4.13. The van der Waals surface area contributed by atoms with Gasteiger partial charge in [-0.3, -0.25) is 0 Å². The van der Waals surface area contributed by atoms with Gasteiger partial charge in [0.15, 0.2) is 46.5 Å². The van der Waals surface area contributed by atoms with Crippen molar-refractivity contribution in [2.45, 2.75) is 26.2 Å². The van der Waals surface area contributed by atoms with E-state index in [4.69, 9.17) is 9.47 Å². The normalized spacial score (nSPS) is 11.4. The number of benzene rings is 4. The highest BCUT2D eigenvalue weighted by Gasteiger charge is 2.32. The molecular formula is C30H17F9O4. The summed E-state index contributed by atoms with van der Waals surface area (Å²) in [6.07, 6.45) is 0. The molecule has 0 aliphatic heterocycles. The summed E-state index contributed by atoms with van der Waals surface area (Å²) in [5.41, 5.74) is -3.24. The van der Waals surface area contributed by atoms with Crippen LogP contribution in [0.15, 0.2) is 48.5 Å². The van der Waals surface area contributed by atoms with Gasteiger partial charge in [-0.2, -0.15) is 0 Å². The summed E-state index contributed by atoms with van der Waals surface area (Å²) in [6.45, 7) is 4.40. The van der Waals surface area contributed by atoms with Crippen LogP contribution < -0.4 is 9.47 Å². The molecule has 0 fully saturated rings. The van der Waals surface area contributed by atoms with Crippen LogP contribution in [0.5, 0.6) is 11.5 Å². The first-order valence-electron chi connectivity index (χ1n) is 12.1. The van der Waals surface area contributed by atoms with Crippen LogP contribution in [0.3, 0.4) is 0 Å².